The first-order valence-corrected chi connectivity index (χ1v) is 10.9. The van der Waals surface area contributed by atoms with Gasteiger partial charge >= 0.3 is 0 Å². The molecule has 2 aromatic rings. The number of hydrogen-bond donors (Lipinski definition) is 1. The standard InChI is InChI=1S/C23H29NO3S/c1-4-20-21(5-2)24-22(16(3)23(20)25)14-27-18-7-6-8-19(13-18)28-15-17-9-11-26-12-10-17/h4-8,13,17,24H,9-12,14-15H2,1-3H3/b20-4+,21-5+. The number of benzene rings is 1. The van der Waals surface area contributed by atoms with E-state index < -0.39 is 0 Å². The lowest BCUT2D eigenvalue weighted by Crippen LogP contribution is -2.43. The Hall–Kier alpha value is -1.98. The van der Waals surface area contributed by atoms with E-state index in [-0.39, 0.29) is 5.43 Å². The molecule has 1 aliphatic heterocycles. The molecule has 0 unspecified atom stereocenters. The molecular formula is C23H29NO3S. The van der Waals surface area contributed by atoms with E-state index in [9.17, 15) is 4.79 Å². The maximum Gasteiger partial charge on any atom is 0.192 e. The van der Waals surface area contributed by atoms with Gasteiger partial charge in [0, 0.05) is 40.0 Å². The van der Waals surface area contributed by atoms with E-state index in [1.54, 1.807) is 0 Å². The number of aromatic amines is 1. The summed E-state index contributed by atoms with van der Waals surface area (Å²) in [6.45, 7) is 7.79. The third kappa shape index (κ3) is 5.09. The fraction of sp³-hybridized carbons (Fsp3) is 0.435. The van der Waals surface area contributed by atoms with Crippen LogP contribution in [0.2, 0.25) is 0 Å². The highest BCUT2D eigenvalue weighted by Gasteiger charge is 2.14. The predicted molar refractivity (Wildman–Crippen MR) is 116 cm³/mol. The summed E-state index contributed by atoms with van der Waals surface area (Å²) in [5, 5.41) is 1.56. The van der Waals surface area contributed by atoms with Gasteiger partial charge in [0.2, 0.25) is 0 Å². The van der Waals surface area contributed by atoms with Crippen LogP contribution in [0.1, 0.15) is 37.9 Å². The van der Waals surface area contributed by atoms with E-state index in [4.69, 9.17) is 9.47 Å². The van der Waals surface area contributed by atoms with E-state index >= 15 is 0 Å². The highest BCUT2D eigenvalue weighted by molar-refractivity contribution is 7.99. The van der Waals surface area contributed by atoms with Crippen LogP contribution in [0.15, 0.2) is 34.0 Å². The minimum atomic E-state index is 0.0636. The maximum atomic E-state index is 12.6. The van der Waals surface area contributed by atoms with E-state index in [0.717, 1.165) is 59.7 Å². The van der Waals surface area contributed by atoms with Gasteiger partial charge in [-0.1, -0.05) is 18.2 Å². The molecule has 150 valence electrons. The molecule has 28 heavy (non-hydrogen) atoms. The van der Waals surface area contributed by atoms with Crippen molar-refractivity contribution in [2.24, 2.45) is 5.92 Å². The Morgan fingerprint density at radius 3 is 2.75 bits per heavy atom. The summed E-state index contributed by atoms with van der Waals surface area (Å²) in [6.07, 6.45) is 6.08. The Morgan fingerprint density at radius 2 is 2.04 bits per heavy atom. The summed E-state index contributed by atoms with van der Waals surface area (Å²) in [5.74, 6) is 2.67. The number of rotatable bonds is 6. The van der Waals surface area contributed by atoms with Gasteiger partial charge in [0.15, 0.2) is 5.43 Å². The van der Waals surface area contributed by atoms with E-state index in [2.05, 4.69) is 17.1 Å². The third-order valence-corrected chi connectivity index (χ3v) is 6.43. The van der Waals surface area contributed by atoms with Crippen LogP contribution >= 0.6 is 11.8 Å². The van der Waals surface area contributed by atoms with Crippen molar-refractivity contribution in [3.8, 4) is 5.75 Å². The van der Waals surface area contributed by atoms with Gasteiger partial charge in [-0.15, -0.1) is 11.8 Å². The summed E-state index contributed by atoms with van der Waals surface area (Å²) in [6, 6.07) is 8.20. The number of pyridine rings is 1. The molecule has 1 N–H and O–H groups in total. The molecule has 5 heteroatoms. The number of ether oxygens (including phenoxy) is 2. The van der Waals surface area contributed by atoms with Crippen molar-refractivity contribution >= 4 is 23.9 Å². The minimum Gasteiger partial charge on any atom is -0.487 e. The first kappa shape index (κ1) is 20.7. The van der Waals surface area contributed by atoms with Gasteiger partial charge in [0.25, 0.3) is 0 Å². The van der Waals surface area contributed by atoms with Crippen LogP contribution < -0.4 is 20.7 Å². The van der Waals surface area contributed by atoms with Crippen LogP contribution in [0.25, 0.3) is 12.2 Å². The molecule has 0 saturated carbocycles. The Bertz CT molecular complexity index is 974. The molecule has 0 amide bonds. The molecule has 0 radical (unpaired) electrons. The smallest absolute Gasteiger partial charge is 0.192 e. The van der Waals surface area contributed by atoms with Gasteiger partial charge in [-0.2, -0.15) is 0 Å². The van der Waals surface area contributed by atoms with Crippen LogP contribution in [0.5, 0.6) is 5.75 Å². The summed E-state index contributed by atoms with van der Waals surface area (Å²) < 4.78 is 11.4. The highest BCUT2D eigenvalue weighted by atomic mass is 32.2. The number of thioether (sulfide) groups is 1. The monoisotopic (exact) mass is 399 g/mol. The molecule has 1 aromatic heterocycles. The molecule has 4 nitrogen and oxygen atoms in total. The lowest BCUT2D eigenvalue weighted by Gasteiger charge is -2.21. The normalized spacial score (nSPS) is 16.5. The second-order valence-corrected chi connectivity index (χ2v) is 8.19. The third-order valence-electron chi connectivity index (χ3n) is 5.21. The van der Waals surface area contributed by atoms with Gasteiger partial charge in [-0.25, -0.2) is 0 Å². The van der Waals surface area contributed by atoms with Crippen LogP contribution in [-0.2, 0) is 11.3 Å². The zero-order valence-corrected chi connectivity index (χ0v) is 17.7. The molecule has 0 aliphatic carbocycles. The Kier molecular flexibility index (Phi) is 7.40. The van der Waals surface area contributed by atoms with E-state index in [0.29, 0.717) is 12.2 Å². The van der Waals surface area contributed by atoms with E-state index in [1.807, 2.05) is 56.8 Å². The predicted octanol–water partition coefficient (Wildman–Crippen LogP) is 3.38. The molecule has 1 fully saturated rings. The van der Waals surface area contributed by atoms with Crippen LogP contribution in [0.3, 0.4) is 0 Å². The van der Waals surface area contributed by atoms with Crippen LogP contribution in [-0.4, -0.2) is 24.0 Å². The fourth-order valence-electron chi connectivity index (χ4n) is 3.38. The largest absolute Gasteiger partial charge is 0.487 e. The van der Waals surface area contributed by atoms with Gasteiger partial charge in [-0.3, -0.25) is 4.79 Å². The van der Waals surface area contributed by atoms with Crippen molar-refractivity contribution in [3.05, 3.63) is 56.3 Å². The van der Waals surface area contributed by atoms with Crippen LogP contribution in [0, 0.1) is 12.8 Å². The Balaban J connectivity index is 1.68. The number of H-pyrrole nitrogens is 1. The first-order chi connectivity index (χ1) is 13.6. The molecule has 1 aliphatic rings. The molecule has 1 saturated heterocycles. The van der Waals surface area contributed by atoms with Gasteiger partial charge in [0.05, 0.1) is 5.69 Å². The minimum absolute atomic E-state index is 0.0636. The Morgan fingerprint density at radius 1 is 1.25 bits per heavy atom. The van der Waals surface area contributed by atoms with Gasteiger partial charge in [-0.05, 0) is 57.7 Å². The molecular weight excluding hydrogens is 370 g/mol. The second kappa shape index (κ2) is 9.99. The van der Waals surface area contributed by atoms with E-state index in [1.165, 1.54) is 4.90 Å². The summed E-state index contributed by atoms with van der Waals surface area (Å²) in [4.78, 5) is 17.1. The number of hydrogen-bond acceptors (Lipinski definition) is 4. The molecule has 2 heterocycles. The van der Waals surface area contributed by atoms with Crippen molar-refractivity contribution in [1.29, 1.82) is 0 Å². The molecule has 0 spiro atoms. The van der Waals surface area contributed by atoms with Gasteiger partial charge < -0.3 is 14.5 Å². The molecule has 0 atom stereocenters. The summed E-state index contributed by atoms with van der Waals surface area (Å²) >= 11 is 1.88. The summed E-state index contributed by atoms with van der Waals surface area (Å²) in [7, 11) is 0. The van der Waals surface area contributed by atoms with Crippen molar-refractivity contribution in [3.63, 3.8) is 0 Å². The SMILES string of the molecule is C/C=c1/[nH]c(COc2cccc(SCC3CCOCC3)c2)c(C)c(=O)/c1=C/C. The summed E-state index contributed by atoms with van der Waals surface area (Å²) in [5.41, 5.74) is 1.60. The second-order valence-electron chi connectivity index (χ2n) is 7.09. The quantitative estimate of drug-likeness (QED) is 0.757. The number of nitrogens with one attached hydrogen (secondary N) is 1. The van der Waals surface area contributed by atoms with Crippen LogP contribution in [0.4, 0.5) is 0 Å². The van der Waals surface area contributed by atoms with Crippen molar-refractivity contribution < 1.29 is 9.47 Å². The highest BCUT2D eigenvalue weighted by Crippen LogP contribution is 2.28. The average molecular weight is 400 g/mol. The zero-order chi connectivity index (χ0) is 19.9. The van der Waals surface area contributed by atoms with Crippen molar-refractivity contribution in [2.45, 2.75) is 45.1 Å². The molecule has 1 aromatic carbocycles. The molecule has 0 bridgehead atoms. The lowest BCUT2D eigenvalue weighted by molar-refractivity contribution is 0.0728. The maximum absolute atomic E-state index is 12.6. The Labute approximate surface area is 170 Å². The van der Waals surface area contributed by atoms with Gasteiger partial charge in [0.1, 0.15) is 12.4 Å². The zero-order valence-electron chi connectivity index (χ0n) is 16.9. The van der Waals surface area contributed by atoms with Crippen molar-refractivity contribution in [2.75, 3.05) is 19.0 Å². The fourth-order valence-corrected chi connectivity index (χ4v) is 4.52. The average Bonchev–Trinajstić information content (AvgIpc) is 2.74. The molecule has 3 rings (SSSR count). The number of aromatic nitrogens is 1. The first-order valence-electron chi connectivity index (χ1n) is 9.90. The topological polar surface area (TPSA) is 51.3 Å². The van der Waals surface area contributed by atoms with Crippen molar-refractivity contribution in [1.82, 2.24) is 4.98 Å². The lowest BCUT2D eigenvalue weighted by atomic mass is 10.0.